The molecular weight excluding hydrogens is 231 g/mol. The van der Waals surface area contributed by atoms with Gasteiger partial charge in [0.25, 0.3) is 0 Å². The third-order valence-corrected chi connectivity index (χ3v) is 3.09. The molecule has 94 valence electrons. The molecule has 0 bridgehead atoms. The summed E-state index contributed by atoms with van der Waals surface area (Å²) in [4.78, 5) is 0. The number of aromatic hydroxyl groups is 1. The van der Waals surface area contributed by atoms with Gasteiger partial charge in [-0.25, -0.2) is 8.78 Å². The second-order valence-electron chi connectivity index (χ2n) is 4.35. The molecular formula is C12H14F3NO. The molecule has 2 rings (SSSR count). The van der Waals surface area contributed by atoms with Gasteiger partial charge in [0.2, 0.25) is 5.82 Å². The van der Waals surface area contributed by atoms with Crippen LogP contribution < -0.4 is 5.32 Å². The number of phenols is 1. The van der Waals surface area contributed by atoms with Crippen molar-refractivity contribution in [3.8, 4) is 5.75 Å². The molecule has 0 saturated carbocycles. The Bertz CT molecular complexity index is 417. The van der Waals surface area contributed by atoms with Crippen LogP contribution in [0.2, 0.25) is 0 Å². The van der Waals surface area contributed by atoms with Crippen molar-refractivity contribution in [2.24, 2.45) is 0 Å². The Morgan fingerprint density at radius 1 is 1.24 bits per heavy atom. The van der Waals surface area contributed by atoms with E-state index in [0.717, 1.165) is 31.9 Å². The lowest BCUT2D eigenvalue weighted by Gasteiger charge is -2.23. The van der Waals surface area contributed by atoms with Gasteiger partial charge >= 0.3 is 0 Å². The number of phenolic OH excluding ortho intramolecular Hbond substituents is 1. The average Bonchev–Trinajstić information content (AvgIpc) is 2.35. The smallest absolute Gasteiger partial charge is 0.203 e. The van der Waals surface area contributed by atoms with Crippen LogP contribution >= 0.6 is 0 Å². The molecule has 1 saturated heterocycles. The maximum absolute atomic E-state index is 13.5. The van der Waals surface area contributed by atoms with Crippen molar-refractivity contribution in [3.63, 3.8) is 0 Å². The molecule has 0 radical (unpaired) electrons. The number of hydrogen-bond donors (Lipinski definition) is 2. The highest BCUT2D eigenvalue weighted by atomic mass is 19.2. The highest BCUT2D eigenvalue weighted by Crippen LogP contribution is 2.27. The minimum Gasteiger partial charge on any atom is -0.503 e. The van der Waals surface area contributed by atoms with Gasteiger partial charge in [-0.15, -0.1) is 0 Å². The third-order valence-electron chi connectivity index (χ3n) is 3.09. The quantitative estimate of drug-likeness (QED) is 0.785. The molecule has 1 aromatic carbocycles. The molecule has 2 nitrogen and oxygen atoms in total. The van der Waals surface area contributed by atoms with Crippen LogP contribution in [0.3, 0.4) is 0 Å². The SMILES string of the molecule is Oc1c(F)c(F)cc(CC2CCCCN2)c1F. The van der Waals surface area contributed by atoms with Crippen molar-refractivity contribution in [1.29, 1.82) is 0 Å². The summed E-state index contributed by atoms with van der Waals surface area (Å²) in [6.45, 7) is 0.849. The average molecular weight is 245 g/mol. The Balaban J connectivity index is 2.20. The zero-order valence-corrected chi connectivity index (χ0v) is 9.27. The highest BCUT2D eigenvalue weighted by molar-refractivity contribution is 5.33. The molecule has 1 unspecified atom stereocenters. The van der Waals surface area contributed by atoms with E-state index in [1.54, 1.807) is 0 Å². The molecule has 5 heteroatoms. The predicted molar refractivity (Wildman–Crippen MR) is 57.3 cm³/mol. The second-order valence-corrected chi connectivity index (χ2v) is 4.35. The van der Waals surface area contributed by atoms with Crippen molar-refractivity contribution in [2.45, 2.75) is 31.7 Å². The Kier molecular flexibility index (Phi) is 3.57. The Morgan fingerprint density at radius 2 is 2.00 bits per heavy atom. The standard InChI is InChI=1S/C12H14F3NO/c13-9-6-7(10(14)12(17)11(9)15)5-8-3-1-2-4-16-8/h6,8,16-17H,1-5H2. The minimum atomic E-state index is -1.53. The molecule has 2 N–H and O–H groups in total. The van der Waals surface area contributed by atoms with E-state index in [-0.39, 0.29) is 18.0 Å². The van der Waals surface area contributed by atoms with Gasteiger partial charge in [-0.1, -0.05) is 6.42 Å². The molecule has 0 amide bonds. The van der Waals surface area contributed by atoms with Crippen LogP contribution in [-0.4, -0.2) is 17.7 Å². The van der Waals surface area contributed by atoms with Crippen LogP contribution in [0.15, 0.2) is 6.07 Å². The molecule has 0 aliphatic carbocycles. The zero-order chi connectivity index (χ0) is 12.4. The Hall–Kier alpha value is -1.23. The van der Waals surface area contributed by atoms with Crippen LogP contribution in [0, 0.1) is 17.5 Å². The first kappa shape index (κ1) is 12.2. The van der Waals surface area contributed by atoms with Crippen molar-refractivity contribution in [3.05, 3.63) is 29.1 Å². The number of benzene rings is 1. The van der Waals surface area contributed by atoms with E-state index in [4.69, 9.17) is 5.11 Å². The van der Waals surface area contributed by atoms with E-state index < -0.39 is 23.2 Å². The fourth-order valence-corrected chi connectivity index (χ4v) is 2.15. The number of hydrogen-bond acceptors (Lipinski definition) is 2. The Morgan fingerprint density at radius 3 is 2.65 bits per heavy atom. The largest absolute Gasteiger partial charge is 0.503 e. The zero-order valence-electron chi connectivity index (χ0n) is 9.27. The number of halogens is 3. The molecule has 1 heterocycles. The number of nitrogens with one attached hydrogen (secondary N) is 1. The number of piperidine rings is 1. The van der Waals surface area contributed by atoms with Gasteiger partial charge < -0.3 is 10.4 Å². The molecule has 0 spiro atoms. The van der Waals surface area contributed by atoms with Gasteiger partial charge in [-0.2, -0.15) is 4.39 Å². The van der Waals surface area contributed by atoms with Crippen LogP contribution in [0.4, 0.5) is 13.2 Å². The summed E-state index contributed by atoms with van der Waals surface area (Å²) in [7, 11) is 0. The van der Waals surface area contributed by atoms with E-state index in [1.165, 1.54) is 0 Å². The summed E-state index contributed by atoms with van der Waals surface area (Å²) in [5.41, 5.74) is 0.0146. The lowest BCUT2D eigenvalue weighted by Crippen LogP contribution is -2.35. The minimum absolute atomic E-state index is 0.0146. The van der Waals surface area contributed by atoms with Crippen LogP contribution in [0.25, 0.3) is 0 Å². The molecule has 1 atom stereocenters. The van der Waals surface area contributed by atoms with Gasteiger partial charge in [-0.05, 0) is 37.4 Å². The van der Waals surface area contributed by atoms with Crippen LogP contribution in [0.5, 0.6) is 5.75 Å². The van der Waals surface area contributed by atoms with Gasteiger partial charge in [0.15, 0.2) is 17.4 Å². The summed E-state index contributed by atoms with van der Waals surface area (Å²) in [5, 5.41) is 12.3. The summed E-state index contributed by atoms with van der Waals surface area (Å²) in [6, 6.07) is 0.878. The fraction of sp³-hybridized carbons (Fsp3) is 0.500. The van der Waals surface area contributed by atoms with Crippen molar-refractivity contribution in [2.75, 3.05) is 6.54 Å². The van der Waals surface area contributed by atoms with E-state index in [2.05, 4.69) is 5.32 Å². The van der Waals surface area contributed by atoms with E-state index in [1.807, 2.05) is 0 Å². The molecule has 0 aromatic heterocycles. The van der Waals surface area contributed by atoms with Crippen molar-refractivity contribution >= 4 is 0 Å². The van der Waals surface area contributed by atoms with Gasteiger partial charge in [0.1, 0.15) is 0 Å². The highest BCUT2D eigenvalue weighted by Gasteiger charge is 2.21. The first-order valence-corrected chi connectivity index (χ1v) is 5.68. The predicted octanol–water partition coefficient (Wildman–Crippen LogP) is 2.49. The molecule has 1 aliphatic rings. The molecule has 1 aromatic rings. The summed E-state index contributed by atoms with van der Waals surface area (Å²) < 4.78 is 39.4. The Labute approximate surface area is 97.5 Å². The normalized spacial score (nSPS) is 20.5. The second kappa shape index (κ2) is 4.96. The number of rotatable bonds is 2. The summed E-state index contributed by atoms with van der Waals surface area (Å²) in [5.74, 6) is -5.02. The maximum atomic E-state index is 13.5. The monoisotopic (exact) mass is 245 g/mol. The van der Waals surface area contributed by atoms with E-state index >= 15 is 0 Å². The molecule has 1 aliphatic heterocycles. The third kappa shape index (κ3) is 2.54. The van der Waals surface area contributed by atoms with Gasteiger partial charge in [-0.3, -0.25) is 0 Å². The first-order valence-electron chi connectivity index (χ1n) is 5.68. The van der Waals surface area contributed by atoms with E-state index in [0.29, 0.717) is 0 Å². The lowest BCUT2D eigenvalue weighted by atomic mass is 9.97. The summed E-state index contributed by atoms with van der Waals surface area (Å²) >= 11 is 0. The van der Waals surface area contributed by atoms with Gasteiger partial charge in [0, 0.05) is 6.04 Å². The summed E-state index contributed by atoms with van der Waals surface area (Å²) in [6.07, 6.45) is 3.24. The molecule has 1 fully saturated rings. The first-order chi connectivity index (χ1) is 8.09. The lowest BCUT2D eigenvalue weighted by molar-refractivity contribution is 0.363. The fourth-order valence-electron chi connectivity index (χ4n) is 2.15. The van der Waals surface area contributed by atoms with Crippen molar-refractivity contribution < 1.29 is 18.3 Å². The van der Waals surface area contributed by atoms with Crippen LogP contribution in [0.1, 0.15) is 24.8 Å². The maximum Gasteiger partial charge on any atom is 0.203 e. The van der Waals surface area contributed by atoms with Gasteiger partial charge in [0.05, 0.1) is 0 Å². The van der Waals surface area contributed by atoms with Crippen molar-refractivity contribution in [1.82, 2.24) is 5.32 Å². The van der Waals surface area contributed by atoms with Crippen LogP contribution in [-0.2, 0) is 6.42 Å². The van der Waals surface area contributed by atoms with E-state index in [9.17, 15) is 13.2 Å². The molecule has 17 heavy (non-hydrogen) atoms. The topological polar surface area (TPSA) is 32.3 Å².